The molecule has 0 bridgehead atoms. The molecule has 1 nitrogen and oxygen atoms in total. The quantitative estimate of drug-likeness (QED) is 0.887. The van der Waals surface area contributed by atoms with Gasteiger partial charge >= 0.3 is 6.18 Å². The molecule has 1 aromatic carbocycles. The lowest BCUT2D eigenvalue weighted by molar-refractivity contribution is -0.175. The fraction of sp³-hybridized carbons (Fsp3) is 0.455. The van der Waals surface area contributed by atoms with E-state index < -0.39 is 12.1 Å². The summed E-state index contributed by atoms with van der Waals surface area (Å²) >= 11 is 11.6. The summed E-state index contributed by atoms with van der Waals surface area (Å²) < 4.78 is 38.1. The van der Waals surface area contributed by atoms with Gasteiger partial charge in [0.25, 0.3) is 0 Å². The molecule has 0 aliphatic heterocycles. The van der Waals surface area contributed by atoms with Crippen LogP contribution < -0.4 is 5.73 Å². The summed E-state index contributed by atoms with van der Waals surface area (Å²) in [4.78, 5) is 0. The van der Waals surface area contributed by atoms with Crippen LogP contribution in [-0.4, -0.2) is 12.7 Å². The standard InChI is InChI=1S/C11H12Cl2F3N/c12-9-3-1-2-7(10(9)13)6-8(4-5-17)11(14,15)16/h1-3,8H,4-6,17H2. The maximum absolute atomic E-state index is 12.7. The van der Waals surface area contributed by atoms with E-state index in [9.17, 15) is 13.2 Å². The first kappa shape index (κ1) is 14.6. The highest BCUT2D eigenvalue weighted by Gasteiger charge is 2.39. The maximum Gasteiger partial charge on any atom is 0.392 e. The van der Waals surface area contributed by atoms with E-state index in [1.165, 1.54) is 0 Å². The normalized spacial score (nSPS) is 13.8. The molecule has 0 saturated heterocycles. The Labute approximate surface area is 108 Å². The zero-order chi connectivity index (χ0) is 13.1. The lowest BCUT2D eigenvalue weighted by Crippen LogP contribution is -2.27. The first-order chi connectivity index (χ1) is 7.86. The SMILES string of the molecule is NCCC(Cc1cccc(Cl)c1Cl)C(F)(F)F. The molecule has 17 heavy (non-hydrogen) atoms. The predicted molar refractivity (Wildman–Crippen MR) is 63.4 cm³/mol. The predicted octanol–water partition coefficient (Wildman–Crippen LogP) is 4.06. The lowest BCUT2D eigenvalue weighted by atomic mass is 9.95. The minimum Gasteiger partial charge on any atom is -0.330 e. The lowest BCUT2D eigenvalue weighted by Gasteiger charge is -2.20. The molecule has 0 saturated carbocycles. The van der Waals surface area contributed by atoms with Gasteiger partial charge in [-0.25, -0.2) is 0 Å². The topological polar surface area (TPSA) is 26.0 Å². The van der Waals surface area contributed by atoms with Gasteiger partial charge in [-0.15, -0.1) is 0 Å². The highest BCUT2D eigenvalue weighted by Crippen LogP contribution is 2.34. The molecule has 0 aromatic heterocycles. The molecule has 0 aliphatic carbocycles. The van der Waals surface area contributed by atoms with Crippen LogP contribution in [0.5, 0.6) is 0 Å². The molecule has 1 unspecified atom stereocenters. The molecule has 6 heteroatoms. The van der Waals surface area contributed by atoms with Gasteiger partial charge in [0.2, 0.25) is 0 Å². The Bertz CT molecular complexity index is 379. The van der Waals surface area contributed by atoms with Gasteiger partial charge < -0.3 is 5.73 Å². The molecule has 2 N–H and O–H groups in total. The second kappa shape index (κ2) is 5.94. The number of hydrogen-bond acceptors (Lipinski definition) is 1. The summed E-state index contributed by atoms with van der Waals surface area (Å²) in [6.45, 7) is -0.0115. The highest BCUT2D eigenvalue weighted by molar-refractivity contribution is 6.42. The maximum atomic E-state index is 12.7. The molecule has 0 amide bonds. The second-order valence-corrected chi connectivity index (χ2v) is 4.52. The van der Waals surface area contributed by atoms with Crippen molar-refractivity contribution in [3.05, 3.63) is 33.8 Å². The van der Waals surface area contributed by atoms with Crippen LogP contribution in [0.1, 0.15) is 12.0 Å². The molecule has 1 atom stereocenters. The zero-order valence-corrected chi connectivity index (χ0v) is 10.4. The second-order valence-electron chi connectivity index (χ2n) is 3.73. The molecular weight excluding hydrogens is 274 g/mol. The minimum absolute atomic E-state index is 0.0115. The van der Waals surface area contributed by atoms with Crippen molar-refractivity contribution in [3.8, 4) is 0 Å². The van der Waals surface area contributed by atoms with Gasteiger partial charge in [0.15, 0.2) is 0 Å². The van der Waals surface area contributed by atoms with Gasteiger partial charge in [-0.3, -0.25) is 0 Å². The number of benzene rings is 1. The van der Waals surface area contributed by atoms with Gasteiger partial charge in [-0.05, 0) is 31.0 Å². The van der Waals surface area contributed by atoms with Gasteiger partial charge in [0.05, 0.1) is 16.0 Å². The number of rotatable bonds is 4. The molecule has 0 heterocycles. The molecule has 0 spiro atoms. The van der Waals surface area contributed by atoms with E-state index in [2.05, 4.69) is 0 Å². The van der Waals surface area contributed by atoms with Crippen LogP contribution in [0, 0.1) is 5.92 Å². The Morgan fingerprint density at radius 3 is 2.41 bits per heavy atom. The number of hydrogen-bond donors (Lipinski definition) is 1. The van der Waals surface area contributed by atoms with Gasteiger partial charge in [-0.2, -0.15) is 13.2 Å². The summed E-state index contributed by atoms with van der Waals surface area (Å²) in [5.41, 5.74) is 5.59. The van der Waals surface area contributed by atoms with Crippen molar-refractivity contribution >= 4 is 23.2 Å². The molecule has 0 radical (unpaired) electrons. The van der Waals surface area contributed by atoms with Crippen LogP contribution in [0.4, 0.5) is 13.2 Å². The van der Waals surface area contributed by atoms with Gasteiger partial charge in [-0.1, -0.05) is 35.3 Å². The van der Waals surface area contributed by atoms with Gasteiger partial charge in [0, 0.05) is 0 Å². The Morgan fingerprint density at radius 1 is 1.24 bits per heavy atom. The summed E-state index contributed by atoms with van der Waals surface area (Å²) in [6.07, 6.45) is -4.59. The van der Waals surface area contributed by atoms with E-state index >= 15 is 0 Å². The third-order valence-electron chi connectivity index (χ3n) is 2.48. The summed E-state index contributed by atoms with van der Waals surface area (Å²) in [7, 11) is 0. The molecule has 1 aromatic rings. The summed E-state index contributed by atoms with van der Waals surface area (Å²) in [5, 5.41) is 0.443. The number of alkyl halides is 3. The highest BCUT2D eigenvalue weighted by atomic mass is 35.5. The van der Waals surface area contributed by atoms with Crippen LogP contribution >= 0.6 is 23.2 Å². The van der Waals surface area contributed by atoms with Crippen LogP contribution in [0.3, 0.4) is 0 Å². The van der Waals surface area contributed by atoms with E-state index in [4.69, 9.17) is 28.9 Å². The largest absolute Gasteiger partial charge is 0.392 e. The van der Waals surface area contributed by atoms with E-state index in [0.29, 0.717) is 5.56 Å². The molecular formula is C11H12Cl2F3N. The Kier molecular flexibility index (Phi) is 5.10. The monoisotopic (exact) mass is 285 g/mol. The van der Waals surface area contributed by atoms with Crippen LogP contribution in [0.25, 0.3) is 0 Å². The van der Waals surface area contributed by atoms with Crippen LogP contribution in [0.15, 0.2) is 18.2 Å². The first-order valence-electron chi connectivity index (χ1n) is 5.06. The van der Waals surface area contributed by atoms with Crippen molar-refractivity contribution in [2.75, 3.05) is 6.54 Å². The molecule has 0 aliphatic rings. The van der Waals surface area contributed by atoms with Crippen LogP contribution in [-0.2, 0) is 6.42 Å². The van der Waals surface area contributed by atoms with E-state index in [1.807, 2.05) is 0 Å². The summed E-state index contributed by atoms with van der Waals surface area (Å²) in [5.74, 6) is -1.48. The van der Waals surface area contributed by atoms with Crippen molar-refractivity contribution in [2.24, 2.45) is 11.7 Å². The fourth-order valence-electron chi connectivity index (χ4n) is 1.55. The average molecular weight is 286 g/mol. The Morgan fingerprint density at radius 2 is 1.88 bits per heavy atom. The van der Waals surface area contributed by atoms with E-state index in [-0.39, 0.29) is 29.4 Å². The third-order valence-corrected chi connectivity index (χ3v) is 3.33. The van der Waals surface area contributed by atoms with Crippen molar-refractivity contribution < 1.29 is 13.2 Å². The zero-order valence-electron chi connectivity index (χ0n) is 8.90. The first-order valence-corrected chi connectivity index (χ1v) is 5.81. The smallest absolute Gasteiger partial charge is 0.330 e. The Hall–Kier alpha value is -0.450. The van der Waals surface area contributed by atoms with Crippen LogP contribution in [0.2, 0.25) is 10.0 Å². The van der Waals surface area contributed by atoms with E-state index in [0.717, 1.165) is 0 Å². The molecule has 0 fully saturated rings. The van der Waals surface area contributed by atoms with Crippen molar-refractivity contribution in [3.63, 3.8) is 0 Å². The summed E-state index contributed by atoms with van der Waals surface area (Å²) in [6, 6.07) is 4.67. The minimum atomic E-state index is -4.27. The van der Waals surface area contributed by atoms with Crippen molar-refractivity contribution in [1.29, 1.82) is 0 Å². The number of nitrogens with two attached hydrogens (primary N) is 1. The fourth-order valence-corrected chi connectivity index (χ4v) is 1.95. The number of halogens is 5. The van der Waals surface area contributed by atoms with E-state index in [1.54, 1.807) is 18.2 Å². The molecule has 96 valence electrons. The Balaban J connectivity index is 2.90. The van der Waals surface area contributed by atoms with Gasteiger partial charge in [0.1, 0.15) is 0 Å². The third kappa shape index (κ3) is 4.05. The molecule has 1 rings (SSSR count). The van der Waals surface area contributed by atoms with Crippen molar-refractivity contribution in [1.82, 2.24) is 0 Å². The van der Waals surface area contributed by atoms with Crippen molar-refractivity contribution in [2.45, 2.75) is 19.0 Å². The average Bonchev–Trinajstić information content (AvgIpc) is 2.22.